The first-order chi connectivity index (χ1) is 10.6. The van der Waals surface area contributed by atoms with Crippen molar-refractivity contribution in [3.63, 3.8) is 0 Å². The van der Waals surface area contributed by atoms with Crippen molar-refractivity contribution in [1.82, 2.24) is 20.2 Å². The van der Waals surface area contributed by atoms with Crippen molar-refractivity contribution in [2.75, 3.05) is 21.3 Å². The van der Waals surface area contributed by atoms with E-state index in [4.69, 9.17) is 14.2 Å². The largest absolute Gasteiger partial charge is 0.497 e. The molecule has 0 aliphatic heterocycles. The van der Waals surface area contributed by atoms with Gasteiger partial charge < -0.3 is 14.2 Å². The van der Waals surface area contributed by atoms with Gasteiger partial charge in [-0.25, -0.2) is 0 Å². The average molecular weight is 324 g/mol. The smallest absolute Gasteiger partial charge is 0.318 e. The highest BCUT2D eigenvalue weighted by Crippen LogP contribution is 2.30. The van der Waals surface area contributed by atoms with E-state index in [1.807, 2.05) is 0 Å². The quantitative estimate of drug-likeness (QED) is 0.581. The molecule has 8 nitrogen and oxygen atoms in total. The molecule has 0 aliphatic rings. The highest BCUT2D eigenvalue weighted by molar-refractivity contribution is 8.00. The minimum absolute atomic E-state index is 0.350. The van der Waals surface area contributed by atoms with Crippen LogP contribution in [0.1, 0.15) is 6.92 Å². The van der Waals surface area contributed by atoms with E-state index in [1.165, 1.54) is 23.6 Å². The molecule has 0 radical (unpaired) electrons. The number of esters is 1. The van der Waals surface area contributed by atoms with Gasteiger partial charge in [-0.2, -0.15) is 4.68 Å². The summed E-state index contributed by atoms with van der Waals surface area (Å²) in [4.78, 5) is 11.5. The van der Waals surface area contributed by atoms with E-state index < -0.39 is 5.25 Å². The van der Waals surface area contributed by atoms with Crippen LogP contribution in [0.25, 0.3) is 5.69 Å². The van der Waals surface area contributed by atoms with Crippen molar-refractivity contribution in [3.05, 3.63) is 18.2 Å². The molecule has 0 saturated heterocycles. The van der Waals surface area contributed by atoms with Gasteiger partial charge in [0, 0.05) is 6.07 Å². The normalized spacial score (nSPS) is 11.8. The maximum atomic E-state index is 11.5. The fraction of sp³-hybridized carbons (Fsp3) is 0.385. The Morgan fingerprint density at radius 2 is 2.05 bits per heavy atom. The third kappa shape index (κ3) is 3.30. The molecule has 2 aromatic rings. The van der Waals surface area contributed by atoms with Crippen LogP contribution in [0, 0.1) is 0 Å². The Morgan fingerprint density at radius 3 is 2.68 bits per heavy atom. The molecule has 1 unspecified atom stereocenters. The number of tetrazole rings is 1. The summed E-state index contributed by atoms with van der Waals surface area (Å²) in [5, 5.41) is 11.6. The highest BCUT2D eigenvalue weighted by Gasteiger charge is 2.21. The molecule has 0 spiro atoms. The number of hydrogen-bond donors (Lipinski definition) is 0. The number of carbonyl (C=O) groups is 1. The summed E-state index contributed by atoms with van der Waals surface area (Å²) >= 11 is 1.19. The number of hydrogen-bond acceptors (Lipinski definition) is 8. The Labute approximate surface area is 131 Å². The summed E-state index contributed by atoms with van der Waals surface area (Å²) in [6.07, 6.45) is 0. The van der Waals surface area contributed by atoms with Crippen LogP contribution < -0.4 is 9.47 Å². The zero-order valence-electron chi connectivity index (χ0n) is 12.6. The van der Waals surface area contributed by atoms with E-state index >= 15 is 0 Å². The van der Waals surface area contributed by atoms with E-state index in [0.717, 1.165) is 0 Å². The molecule has 0 N–H and O–H groups in total. The molecule has 2 rings (SSSR count). The van der Waals surface area contributed by atoms with Crippen molar-refractivity contribution in [2.24, 2.45) is 0 Å². The molecule has 1 aromatic carbocycles. The van der Waals surface area contributed by atoms with Gasteiger partial charge >= 0.3 is 5.97 Å². The van der Waals surface area contributed by atoms with E-state index in [2.05, 4.69) is 15.5 Å². The second kappa shape index (κ2) is 7.12. The number of ether oxygens (including phenoxy) is 3. The molecule has 1 aromatic heterocycles. The minimum Gasteiger partial charge on any atom is -0.497 e. The number of carbonyl (C=O) groups excluding carboxylic acids is 1. The Bertz CT molecular complexity index is 661. The SMILES string of the molecule is COC(=O)C(C)Sc1nnnn1-c1cc(OC)ccc1OC. The van der Waals surface area contributed by atoms with Crippen LogP contribution in [0.4, 0.5) is 0 Å². The van der Waals surface area contributed by atoms with Crippen molar-refractivity contribution in [1.29, 1.82) is 0 Å². The molecule has 0 aliphatic carbocycles. The number of benzene rings is 1. The zero-order valence-corrected chi connectivity index (χ0v) is 13.5. The van der Waals surface area contributed by atoms with Gasteiger partial charge in [-0.05, 0) is 29.5 Å². The lowest BCUT2D eigenvalue weighted by Crippen LogP contribution is -2.15. The van der Waals surface area contributed by atoms with Crippen LogP contribution in [0.2, 0.25) is 0 Å². The number of aromatic nitrogens is 4. The number of methoxy groups -OCH3 is 3. The molecule has 1 heterocycles. The van der Waals surface area contributed by atoms with Gasteiger partial charge in [-0.1, -0.05) is 11.8 Å². The number of rotatable bonds is 6. The summed E-state index contributed by atoms with van der Waals surface area (Å²) in [6.45, 7) is 1.72. The first-order valence-corrected chi connectivity index (χ1v) is 7.24. The third-order valence-electron chi connectivity index (χ3n) is 2.87. The zero-order chi connectivity index (χ0) is 16.1. The number of thioether (sulfide) groups is 1. The molecule has 9 heteroatoms. The maximum Gasteiger partial charge on any atom is 0.318 e. The first kappa shape index (κ1) is 16.1. The van der Waals surface area contributed by atoms with Crippen molar-refractivity contribution in [3.8, 4) is 17.2 Å². The van der Waals surface area contributed by atoms with Gasteiger partial charge in [0.1, 0.15) is 22.4 Å². The Hall–Kier alpha value is -2.29. The van der Waals surface area contributed by atoms with Gasteiger partial charge in [-0.3, -0.25) is 4.79 Å². The van der Waals surface area contributed by atoms with E-state index in [9.17, 15) is 4.79 Å². The Kier molecular flexibility index (Phi) is 5.21. The molecular formula is C13H16N4O4S. The van der Waals surface area contributed by atoms with Gasteiger partial charge in [-0.15, -0.1) is 5.10 Å². The third-order valence-corrected chi connectivity index (χ3v) is 3.88. The van der Waals surface area contributed by atoms with Crippen LogP contribution in [-0.4, -0.2) is 52.8 Å². The molecular weight excluding hydrogens is 308 g/mol. The standard InChI is InChI=1S/C13H16N4O4S/c1-8(12(18)21-4)22-13-14-15-16-17(13)10-7-9(19-2)5-6-11(10)20-3/h5-8H,1-4H3. The summed E-state index contributed by atoms with van der Waals surface area (Å²) in [7, 11) is 4.47. The summed E-state index contributed by atoms with van der Waals surface area (Å²) < 4.78 is 16.7. The van der Waals surface area contributed by atoms with Gasteiger partial charge in [0.05, 0.1) is 21.3 Å². The molecule has 0 amide bonds. The molecule has 0 saturated carbocycles. The molecule has 22 heavy (non-hydrogen) atoms. The van der Waals surface area contributed by atoms with Gasteiger partial charge in [0.2, 0.25) is 5.16 Å². The van der Waals surface area contributed by atoms with E-state index in [1.54, 1.807) is 39.3 Å². The molecule has 1 atom stereocenters. The lowest BCUT2D eigenvalue weighted by Gasteiger charge is -2.12. The summed E-state index contributed by atoms with van der Waals surface area (Å²) in [5.41, 5.74) is 0.617. The monoisotopic (exact) mass is 324 g/mol. The summed E-state index contributed by atoms with van der Waals surface area (Å²) in [6, 6.07) is 5.28. The van der Waals surface area contributed by atoms with Crippen molar-refractivity contribution >= 4 is 17.7 Å². The first-order valence-electron chi connectivity index (χ1n) is 6.36. The van der Waals surface area contributed by atoms with E-state index in [0.29, 0.717) is 22.3 Å². The van der Waals surface area contributed by atoms with Crippen molar-refractivity contribution < 1.29 is 19.0 Å². The summed E-state index contributed by atoms with van der Waals surface area (Å²) in [5.74, 6) is 0.876. The predicted molar refractivity (Wildman–Crippen MR) is 79.6 cm³/mol. The second-order valence-corrected chi connectivity index (χ2v) is 5.50. The predicted octanol–water partition coefficient (Wildman–Crippen LogP) is 1.33. The topological polar surface area (TPSA) is 88.4 Å². The lowest BCUT2D eigenvalue weighted by atomic mass is 10.3. The lowest BCUT2D eigenvalue weighted by molar-refractivity contribution is -0.139. The van der Waals surface area contributed by atoms with Gasteiger partial charge in [0.25, 0.3) is 0 Å². The van der Waals surface area contributed by atoms with Crippen LogP contribution >= 0.6 is 11.8 Å². The minimum atomic E-state index is -0.439. The van der Waals surface area contributed by atoms with Crippen molar-refractivity contribution in [2.45, 2.75) is 17.3 Å². The number of nitrogens with zero attached hydrogens (tertiary/aromatic N) is 4. The molecule has 0 bridgehead atoms. The fourth-order valence-corrected chi connectivity index (χ4v) is 2.57. The van der Waals surface area contributed by atoms with Crippen LogP contribution in [-0.2, 0) is 9.53 Å². The Balaban J connectivity index is 2.38. The fourth-order valence-electron chi connectivity index (χ4n) is 1.74. The maximum absolute atomic E-state index is 11.5. The highest BCUT2D eigenvalue weighted by atomic mass is 32.2. The van der Waals surface area contributed by atoms with Crippen LogP contribution in [0.15, 0.2) is 23.4 Å². The van der Waals surface area contributed by atoms with E-state index in [-0.39, 0.29) is 5.97 Å². The van der Waals surface area contributed by atoms with Crippen LogP contribution in [0.3, 0.4) is 0 Å². The van der Waals surface area contributed by atoms with Crippen LogP contribution in [0.5, 0.6) is 11.5 Å². The molecule has 118 valence electrons. The Morgan fingerprint density at radius 1 is 1.27 bits per heavy atom. The molecule has 0 fully saturated rings. The second-order valence-electron chi connectivity index (χ2n) is 4.19. The average Bonchev–Trinajstić information content (AvgIpc) is 3.01. The van der Waals surface area contributed by atoms with Gasteiger partial charge in [0.15, 0.2) is 0 Å².